The van der Waals surface area contributed by atoms with Gasteiger partial charge in [0.2, 0.25) is 6.41 Å². The molecule has 18 heteroatoms. The van der Waals surface area contributed by atoms with E-state index >= 15 is 0 Å². The number of nitrogens with one attached hydrogen (secondary N) is 2. The van der Waals surface area contributed by atoms with E-state index in [2.05, 4.69) is 20.8 Å². The molecule has 0 radical (unpaired) electrons. The Kier molecular flexibility index (Phi) is 8.56. The third-order valence-corrected chi connectivity index (χ3v) is 8.58. The van der Waals surface area contributed by atoms with Crippen LogP contribution in [0, 0.1) is 0 Å². The fraction of sp³-hybridized carbons (Fsp3) is 0.476. The summed E-state index contributed by atoms with van der Waals surface area (Å²) in [5.41, 5.74) is -0.674. The van der Waals surface area contributed by atoms with Gasteiger partial charge in [-0.25, -0.2) is 14.6 Å². The zero-order chi connectivity index (χ0) is 28.3. The van der Waals surface area contributed by atoms with Crippen molar-refractivity contribution in [1.82, 2.24) is 25.0 Å². The number of amides is 4. The van der Waals surface area contributed by atoms with Crippen LogP contribution in [-0.4, -0.2) is 129 Å². The number of carbonyl (C=O) groups excluding carboxylic acids is 4. The normalized spacial score (nSPS) is 23.5. The van der Waals surface area contributed by atoms with E-state index in [1.165, 1.54) is 17.4 Å². The van der Waals surface area contributed by atoms with E-state index in [1.54, 1.807) is 0 Å². The third-order valence-electron chi connectivity index (χ3n) is 6.15. The van der Waals surface area contributed by atoms with Gasteiger partial charge in [-0.05, 0) is 7.05 Å². The predicted octanol–water partition coefficient (Wildman–Crippen LogP) is -1.80. The first-order chi connectivity index (χ1) is 18.7. The molecule has 3 aliphatic heterocycles. The molecule has 3 aliphatic rings. The average molecular weight is 584 g/mol. The van der Waals surface area contributed by atoms with Gasteiger partial charge in [0.15, 0.2) is 10.8 Å². The molecule has 0 saturated carbocycles. The number of hydrogen-bond acceptors (Lipinski definition) is 12. The molecule has 210 valence electrons. The molecule has 2 saturated heterocycles. The molecular formula is C21H25N7O9S2. The van der Waals surface area contributed by atoms with Crippen LogP contribution in [0.1, 0.15) is 5.69 Å². The summed E-state index contributed by atoms with van der Waals surface area (Å²) >= 11 is 1.02. The van der Waals surface area contributed by atoms with Crippen molar-refractivity contribution in [2.45, 2.75) is 11.4 Å². The fourth-order valence-corrected chi connectivity index (χ4v) is 6.52. The third kappa shape index (κ3) is 5.76. The summed E-state index contributed by atoms with van der Waals surface area (Å²) in [5.74, 6) is -3.42. The summed E-state index contributed by atoms with van der Waals surface area (Å²) < 4.78 is 18.4. The molecule has 0 bridgehead atoms. The van der Waals surface area contributed by atoms with Gasteiger partial charge in [0, 0.05) is 37.1 Å². The van der Waals surface area contributed by atoms with Crippen molar-refractivity contribution in [2.24, 2.45) is 5.16 Å². The number of carbonyl (C=O) groups is 5. The number of likely N-dealkylation sites (N-methyl/N-ethyl adjacent to an activating group) is 1. The standard InChI is InChI=1S/C21H25N7O9S2/c1-26-3-5-27(6-4-26)21(34)37-7-11-9-39(35)18-14(17(31)28(18)15(11)19(32)33)24-16(30)13(25-36-2)12-8-38-20(23-12)22-10-29/h8,10,14,18H,3-7,9H2,1-2H3,(H,24,30)(H,32,33)(H,22,23,29)/t14?,18-,39?/m0/s1. The smallest absolute Gasteiger partial charge is 0.410 e. The van der Waals surface area contributed by atoms with Crippen LogP contribution in [0.5, 0.6) is 0 Å². The Hall–Kier alpha value is -3.90. The molecule has 1 aromatic heterocycles. The van der Waals surface area contributed by atoms with Crippen molar-refractivity contribution in [2.75, 3.05) is 58.0 Å². The topological polar surface area (TPSA) is 200 Å². The van der Waals surface area contributed by atoms with E-state index < -0.39 is 58.4 Å². The predicted molar refractivity (Wildman–Crippen MR) is 136 cm³/mol. The maximum atomic E-state index is 13.1. The highest BCUT2D eigenvalue weighted by atomic mass is 32.2. The van der Waals surface area contributed by atoms with Gasteiger partial charge in [-0.2, -0.15) is 0 Å². The minimum absolute atomic E-state index is 0.0250. The largest absolute Gasteiger partial charge is 0.477 e. The molecule has 3 N–H and O–H groups in total. The number of fused-ring (bicyclic) bond motifs is 1. The Morgan fingerprint density at radius 2 is 2.03 bits per heavy atom. The van der Waals surface area contributed by atoms with E-state index in [4.69, 9.17) is 9.57 Å². The maximum Gasteiger partial charge on any atom is 0.410 e. The van der Waals surface area contributed by atoms with Crippen molar-refractivity contribution in [3.05, 3.63) is 22.3 Å². The lowest BCUT2D eigenvalue weighted by atomic mass is 10.0. The monoisotopic (exact) mass is 583 g/mol. The second kappa shape index (κ2) is 11.9. The van der Waals surface area contributed by atoms with E-state index in [0.717, 1.165) is 16.2 Å². The van der Waals surface area contributed by atoms with Gasteiger partial charge in [-0.1, -0.05) is 5.16 Å². The van der Waals surface area contributed by atoms with Crippen molar-refractivity contribution < 1.29 is 42.9 Å². The van der Waals surface area contributed by atoms with Crippen molar-refractivity contribution in [3.8, 4) is 0 Å². The highest BCUT2D eigenvalue weighted by Crippen LogP contribution is 2.35. The summed E-state index contributed by atoms with van der Waals surface area (Å²) in [6.45, 7) is 1.77. The minimum atomic E-state index is -1.82. The first-order valence-electron chi connectivity index (χ1n) is 11.5. The number of aliphatic carboxylic acids is 1. The lowest BCUT2D eigenvalue weighted by molar-refractivity contribution is -0.150. The SMILES string of the molecule is CON=C(C(=O)NC1C(=O)N2C(C(=O)O)=C(COC(=O)N3CCN(C)CC3)CS(=O)[C@@H]12)c1csc(NC=O)n1. The number of rotatable bonds is 9. The average Bonchev–Trinajstić information content (AvgIpc) is 3.37. The number of β-lactam (4-membered cyclic amide) rings is 1. The molecule has 0 spiro atoms. The van der Waals surface area contributed by atoms with Gasteiger partial charge >= 0.3 is 12.1 Å². The van der Waals surface area contributed by atoms with Gasteiger partial charge < -0.3 is 35.1 Å². The van der Waals surface area contributed by atoms with Gasteiger partial charge in [0.25, 0.3) is 11.8 Å². The summed E-state index contributed by atoms with van der Waals surface area (Å²) in [5, 5.41) is 18.7. The van der Waals surface area contributed by atoms with Gasteiger partial charge in [-0.3, -0.25) is 23.5 Å². The van der Waals surface area contributed by atoms with Gasteiger partial charge in [-0.15, -0.1) is 11.3 Å². The molecule has 2 unspecified atom stereocenters. The second-order valence-corrected chi connectivity index (χ2v) is 11.0. The molecule has 0 aromatic carbocycles. The quantitative estimate of drug-likeness (QED) is 0.128. The molecule has 16 nitrogen and oxygen atoms in total. The van der Waals surface area contributed by atoms with Crippen LogP contribution < -0.4 is 10.6 Å². The Morgan fingerprint density at radius 3 is 2.67 bits per heavy atom. The van der Waals surface area contributed by atoms with Crippen LogP contribution >= 0.6 is 11.3 Å². The molecule has 4 amide bonds. The van der Waals surface area contributed by atoms with Crippen LogP contribution in [0.15, 0.2) is 21.8 Å². The maximum absolute atomic E-state index is 13.1. The van der Waals surface area contributed by atoms with Crippen molar-refractivity contribution in [1.29, 1.82) is 0 Å². The number of thiazole rings is 1. The minimum Gasteiger partial charge on any atom is -0.477 e. The lowest BCUT2D eigenvalue weighted by Gasteiger charge is -2.48. The number of hydrogen-bond donors (Lipinski definition) is 3. The molecular weight excluding hydrogens is 558 g/mol. The Morgan fingerprint density at radius 1 is 1.31 bits per heavy atom. The van der Waals surface area contributed by atoms with Crippen LogP contribution in [0.4, 0.5) is 9.93 Å². The van der Waals surface area contributed by atoms with E-state index in [0.29, 0.717) is 32.6 Å². The molecule has 0 aliphatic carbocycles. The molecule has 4 rings (SSSR count). The first-order valence-corrected chi connectivity index (χ1v) is 13.8. The molecule has 3 atom stereocenters. The lowest BCUT2D eigenvalue weighted by Crippen LogP contribution is -2.74. The number of ether oxygens (including phenoxy) is 1. The highest BCUT2D eigenvalue weighted by Gasteiger charge is 2.57. The Balaban J connectivity index is 1.47. The van der Waals surface area contributed by atoms with Crippen LogP contribution in [0.3, 0.4) is 0 Å². The summed E-state index contributed by atoms with van der Waals surface area (Å²) in [4.78, 5) is 74.2. The molecule has 39 heavy (non-hydrogen) atoms. The van der Waals surface area contributed by atoms with Crippen LogP contribution in [0.2, 0.25) is 0 Å². The zero-order valence-corrected chi connectivity index (χ0v) is 22.5. The summed E-state index contributed by atoms with van der Waals surface area (Å²) in [6.07, 6.45) is -0.225. The molecule has 1 aromatic rings. The van der Waals surface area contributed by atoms with E-state index in [-0.39, 0.29) is 27.9 Å². The Labute approximate surface area is 228 Å². The number of piperazine rings is 1. The number of carboxylic acids is 1. The van der Waals surface area contributed by atoms with E-state index in [1.807, 2.05) is 11.9 Å². The zero-order valence-electron chi connectivity index (χ0n) is 20.8. The Bertz CT molecular complexity index is 1270. The number of oxime groups is 1. The number of aromatic nitrogens is 1. The van der Waals surface area contributed by atoms with E-state index in [9.17, 15) is 33.3 Å². The summed E-state index contributed by atoms with van der Waals surface area (Å²) in [6, 6.07) is -1.31. The van der Waals surface area contributed by atoms with Gasteiger partial charge in [0.05, 0.1) is 16.6 Å². The van der Waals surface area contributed by atoms with Crippen LogP contribution in [-0.2, 0) is 39.6 Å². The highest BCUT2D eigenvalue weighted by molar-refractivity contribution is 7.86. The number of nitrogens with zero attached hydrogens (tertiary/aromatic N) is 5. The second-order valence-electron chi connectivity index (χ2n) is 8.60. The van der Waals surface area contributed by atoms with Crippen molar-refractivity contribution in [3.63, 3.8) is 0 Å². The fourth-order valence-electron chi connectivity index (χ4n) is 4.20. The van der Waals surface area contributed by atoms with Crippen LogP contribution in [0.25, 0.3) is 0 Å². The molecule has 2 fully saturated rings. The first kappa shape index (κ1) is 28.1. The summed E-state index contributed by atoms with van der Waals surface area (Å²) in [7, 11) is 1.29. The van der Waals surface area contributed by atoms with Gasteiger partial charge in [0.1, 0.15) is 36.5 Å². The number of anilines is 1. The molecule has 4 heterocycles. The number of carboxylic acid groups (broad SMARTS) is 1. The van der Waals surface area contributed by atoms with Crippen molar-refractivity contribution >= 4 is 63.3 Å².